The lowest BCUT2D eigenvalue weighted by molar-refractivity contribution is 0.792. The molecule has 2 aromatic carbocycles. The highest BCUT2D eigenvalue weighted by Gasteiger charge is 2.08. The molecule has 2 atom stereocenters. The molecule has 0 amide bonds. The molecule has 0 fully saturated rings. The Bertz CT molecular complexity index is 610. The SMILES string of the molecule is C/C(CC(C)c1ccccc1)=N\N=C(/C)CC(C)c1ccccc1. The van der Waals surface area contributed by atoms with Gasteiger partial charge in [-0.1, -0.05) is 74.5 Å². The van der Waals surface area contributed by atoms with Crippen LogP contribution < -0.4 is 0 Å². The summed E-state index contributed by atoms with van der Waals surface area (Å²) in [6.45, 7) is 8.61. The van der Waals surface area contributed by atoms with Crippen molar-refractivity contribution in [3.05, 3.63) is 71.8 Å². The molecule has 0 aliphatic rings. The molecule has 2 rings (SSSR count). The van der Waals surface area contributed by atoms with Crippen molar-refractivity contribution < 1.29 is 0 Å². The Hall–Kier alpha value is -2.22. The fourth-order valence-corrected chi connectivity index (χ4v) is 2.94. The summed E-state index contributed by atoms with van der Waals surface area (Å²) >= 11 is 0. The third kappa shape index (κ3) is 5.77. The van der Waals surface area contributed by atoms with E-state index < -0.39 is 0 Å². The molecule has 2 unspecified atom stereocenters. The van der Waals surface area contributed by atoms with Gasteiger partial charge in [0.05, 0.1) is 0 Å². The van der Waals surface area contributed by atoms with Crippen LogP contribution in [0.3, 0.4) is 0 Å². The van der Waals surface area contributed by atoms with Gasteiger partial charge in [0.15, 0.2) is 0 Å². The molecule has 0 aliphatic heterocycles. The van der Waals surface area contributed by atoms with Crippen molar-refractivity contribution >= 4 is 11.4 Å². The van der Waals surface area contributed by atoms with Gasteiger partial charge in [-0.15, -0.1) is 0 Å². The van der Waals surface area contributed by atoms with Crippen LogP contribution in [0.2, 0.25) is 0 Å². The number of hydrogen-bond donors (Lipinski definition) is 0. The van der Waals surface area contributed by atoms with Crippen molar-refractivity contribution in [3.63, 3.8) is 0 Å². The van der Waals surface area contributed by atoms with Crippen molar-refractivity contribution in [2.24, 2.45) is 10.2 Å². The molecule has 0 saturated heterocycles. The maximum Gasteiger partial charge on any atom is 0.0380 e. The summed E-state index contributed by atoms with van der Waals surface area (Å²) in [4.78, 5) is 0. The lowest BCUT2D eigenvalue weighted by Crippen LogP contribution is -2.03. The first kappa shape index (κ1) is 18.1. The maximum atomic E-state index is 4.44. The predicted molar refractivity (Wildman–Crippen MR) is 105 cm³/mol. The normalized spacial score (nSPS) is 15.2. The van der Waals surface area contributed by atoms with E-state index in [1.807, 2.05) is 0 Å². The highest BCUT2D eigenvalue weighted by Crippen LogP contribution is 2.20. The summed E-state index contributed by atoms with van der Waals surface area (Å²) < 4.78 is 0. The van der Waals surface area contributed by atoms with Crippen LogP contribution in [0.15, 0.2) is 70.9 Å². The smallest absolute Gasteiger partial charge is 0.0380 e. The molecular formula is C22H28N2. The summed E-state index contributed by atoms with van der Waals surface area (Å²) in [5, 5.41) is 8.88. The van der Waals surface area contributed by atoms with Gasteiger partial charge in [0.2, 0.25) is 0 Å². The van der Waals surface area contributed by atoms with Gasteiger partial charge in [-0.3, -0.25) is 0 Å². The lowest BCUT2D eigenvalue weighted by Gasteiger charge is -2.12. The second-order valence-corrected chi connectivity index (χ2v) is 6.70. The Kier molecular flexibility index (Phi) is 6.92. The van der Waals surface area contributed by atoms with Gasteiger partial charge in [-0.25, -0.2) is 0 Å². The molecule has 24 heavy (non-hydrogen) atoms. The minimum absolute atomic E-state index is 0.466. The van der Waals surface area contributed by atoms with Crippen molar-refractivity contribution in [2.75, 3.05) is 0 Å². The van der Waals surface area contributed by atoms with Gasteiger partial charge in [0.25, 0.3) is 0 Å². The van der Waals surface area contributed by atoms with Crippen LogP contribution in [0.1, 0.15) is 63.5 Å². The Balaban J connectivity index is 1.91. The highest BCUT2D eigenvalue weighted by molar-refractivity contribution is 5.86. The molecule has 0 heterocycles. The van der Waals surface area contributed by atoms with Gasteiger partial charge in [-0.05, 0) is 49.7 Å². The average Bonchev–Trinajstić information content (AvgIpc) is 2.61. The zero-order chi connectivity index (χ0) is 17.4. The lowest BCUT2D eigenvalue weighted by atomic mass is 9.96. The third-order valence-corrected chi connectivity index (χ3v) is 4.33. The molecule has 2 aromatic rings. The molecule has 0 aliphatic carbocycles. The monoisotopic (exact) mass is 320 g/mol. The van der Waals surface area contributed by atoms with E-state index in [-0.39, 0.29) is 0 Å². The molecule has 126 valence electrons. The minimum atomic E-state index is 0.466. The summed E-state index contributed by atoms with van der Waals surface area (Å²) in [5.41, 5.74) is 4.87. The molecule has 2 heteroatoms. The molecular weight excluding hydrogens is 292 g/mol. The highest BCUT2D eigenvalue weighted by atomic mass is 15.2. The number of rotatable bonds is 7. The van der Waals surface area contributed by atoms with Gasteiger partial charge in [0, 0.05) is 11.4 Å². The van der Waals surface area contributed by atoms with E-state index in [1.54, 1.807) is 0 Å². The Morgan fingerprint density at radius 2 is 1.00 bits per heavy atom. The largest absolute Gasteiger partial charge is 0.160 e. The van der Waals surface area contributed by atoms with E-state index in [4.69, 9.17) is 0 Å². The zero-order valence-electron chi connectivity index (χ0n) is 15.2. The van der Waals surface area contributed by atoms with Crippen molar-refractivity contribution in [3.8, 4) is 0 Å². The number of benzene rings is 2. The standard InChI is InChI=1S/C22H28N2/c1-17(21-11-7-5-8-12-21)15-19(3)23-24-20(4)16-18(2)22-13-9-6-10-14-22/h5-14,17-18H,15-16H2,1-4H3/b23-19+,24-20+. The summed E-state index contributed by atoms with van der Waals surface area (Å²) in [6.07, 6.45) is 1.88. The van der Waals surface area contributed by atoms with Gasteiger partial charge in [-0.2, -0.15) is 10.2 Å². The number of nitrogens with zero attached hydrogens (tertiary/aromatic N) is 2. The maximum absolute atomic E-state index is 4.44. The van der Waals surface area contributed by atoms with E-state index in [9.17, 15) is 0 Å². The molecule has 0 saturated carbocycles. The average molecular weight is 320 g/mol. The summed E-state index contributed by atoms with van der Waals surface area (Å²) in [7, 11) is 0. The van der Waals surface area contributed by atoms with Crippen LogP contribution in [-0.2, 0) is 0 Å². The van der Waals surface area contributed by atoms with E-state index in [0.29, 0.717) is 11.8 Å². The zero-order valence-corrected chi connectivity index (χ0v) is 15.2. The molecule has 0 radical (unpaired) electrons. The topological polar surface area (TPSA) is 24.7 Å². The van der Waals surface area contributed by atoms with E-state index >= 15 is 0 Å². The van der Waals surface area contributed by atoms with E-state index in [2.05, 4.69) is 98.6 Å². The molecule has 2 nitrogen and oxygen atoms in total. The van der Waals surface area contributed by atoms with Crippen LogP contribution in [0.25, 0.3) is 0 Å². The minimum Gasteiger partial charge on any atom is -0.160 e. The van der Waals surface area contributed by atoms with Crippen molar-refractivity contribution in [1.82, 2.24) is 0 Å². The second-order valence-electron chi connectivity index (χ2n) is 6.70. The van der Waals surface area contributed by atoms with E-state index in [0.717, 1.165) is 24.3 Å². The Labute approximate surface area is 146 Å². The molecule has 0 aromatic heterocycles. The van der Waals surface area contributed by atoms with Crippen LogP contribution >= 0.6 is 0 Å². The van der Waals surface area contributed by atoms with Crippen molar-refractivity contribution in [2.45, 2.75) is 52.4 Å². The van der Waals surface area contributed by atoms with Crippen LogP contribution in [0, 0.1) is 0 Å². The van der Waals surface area contributed by atoms with Crippen LogP contribution in [-0.4, -0.2) is 11.4 Å². The fourth-order valence-electron chi connectivity index (χ4n) is 2.94. The van der Waals surface area contributed by atoms with Crippen LogP contribution in [0.5, 0.6) is 0 Å². The van der Waals surface area contributed by atoms with E-state index in [1.165, 1.54) is 11.1 Å². The first-order chi connectivity index (χ1) is 11.6. The summed E-state index contributed by atoms with van der Waals surface area (Å²) in [6, 6.07) is 21.2. The van der Waals surface area contributed by atoms with Crippen molar-refractivity contribution in [1.29, 1.82) is 0 Å². The molecule has 0 N–H and O–H groups in total. The van der Waals surface area contributed by atoms with Gasteiger partial charge >= 0.3 is 0 Å². The summed E-state index contributed by atoms with van der Waals surface area (Å²) in [5.74, 6) is 0.933. The first-order valence-electron chi connectivity index (χ1n) is 8.72. The third-order valence-electron chi connectivity index (χ3n) is 4.33. The second kappa shape index (κ2) is 9.17. The predicted octanol–water partition coefficient (Wildman–Crippen LogP) is 6.21. The fraction of sp³-hybridized carbons (Fsp3) is 0.364. The quantitative estimate of drug-likeness (QED) is 0.428. The Morgan fingerprint density at radius 3 is 1.33 bits per heavy atom. The number of hydrogen-bond acceptors (Lipinski definition) is 2. The van der Waals surface area contributed by atoms with Gasteiger partial charge < -0.3 is 0 Å². The first-order valence-corrected chi connectivity index (χ1v) is 8.72. The Morgan fingerprint density at radius 1 is 0.667 bits per heavy atom. The molecule has 0 spiro atoms. The van der Waals surface area contributed by atoms with Crippen LogP contribution in [0.4, 0.5) is 0 Å². The molecule has 0 bridgehead atoms. The van der Waals surface area contributed by atoms with Gasteiger partial charge in [0.1, 0.15) is 0 Å².